The second-order valence-electron chi connectivity index (χ2n) is 3.90. The number of halogens is 4. The first-order chi connectivity index (χ1) is 8.97. The van der Waals surface area contributed by atoms with E-state index < -0.39 is 18.3 Å². The van der Waals surface area contributed by atoms with Crippen molar-refractivity contribution in [1.82, 2.24) is 4.98 Å². The van der Waals surface area contributed by atoms with Crippen LogP contribution in [0.25, 0.3) is 0 Å². The molecule has 100 valence electrons. The van der Waals surface area contributed by atoms with Crippen molar-refractivity contribution in [1.29, 1.82) is 0 Å². The molecule has 0 atom stereocenters. The van der Waals surface area contributed by atoms with E-state index in [-0.39, 0.29) is 63.7 Å². The van der Waals surface area contributed by atoms with Crippen LogP contribution in [0, 0.1) is 5.82 Å². The summed E-state index contributed by atoms with van der Waals surface area (Å²) in [5.74, 6) is -1.31. The summed E-state index contributed by atoms with van der Waals surface area (Å²) in [4.78, 5) is 3.79. The zero-order valence-corrected chi connectivity index (χ0v) is 13.8. The summed E-state index contributed by atoms with van der Waals surface area (Å²) in [6.07, 6.45) is 3.02. The Morgan fingerprint density at radius 3 is 2.30 bits per heavy atom. The van der Waals surface area contributed by atoms with E-state index in [2.05, 4.69) is 4.98 Å². The van der Waals surface area contributed by atoms with E-state index in [1.807, 2.05) is 0 Å². The summed E-state index contributed by atoms with van der Waals surface area (Å²) in [5, 5.41) is 0. The summed E-state index contributed by atoms with van der Waals surface area (Å²) >= 11 is 0. The van der Waals surface area contributed by atoms with Crippen molar-refractivity contribution in [3.05, 3.63) is 54.1 Å². The number of aromatic nitrogens is 1. The van der Waals surface area contributed by atoms with Crippen molar-refractivity contribution in [2.24, 2.45) is 0 Å². The number of pyridine rings is 1. The summed E-state index contributed by atoms with van der Waals surface area (Å²) in [6, 6.07) is 5.63. The Kier molecular flexibility index (Phi) is 6.67. The zero-order chi connectivity index (χ0) is 13.9. The van der Waals surface area contributed by atoms with Crippen LogP contribution in [0.2, 0.25) is 0 Å². The summed E-state index contributed by atoms with van der Waals surface area (Å²) < 4.78 is 56.3. The Hall–Kier alpha value is -0.409. The van der Waals surface area contributed by atoms with Crippen LogP contribution in [0.4, 0.5) is 17.3 Å². The van der Waals surface area contributed by atoms with Gasteiger partial charge in [-0.2, -0.15) is 0 Å². The molecule has 2 rings (SSSR count). The Balaban J connectivity index is 0.00000200. The number of nitrogens with zero attached hydrogens (tertiary/aromatic N) is 1. The molecule has 0 bridgehead atoms. The van der Waals surface area contributed by atoms with Crippen molar-refractivity contribution in [3.63, 3.8) is 0 Å². The molecule has 2 aromatic rings. The standard InChI is InChI=1S/C12H9BF4NO.K/c14-10-1-2-12(11(7-10)13(15,16)17)19-8-9-3-5-18-6-4-9;/h1-7H,8H2;/q-1;+1. The molecular weight excluding hydrogens is 300 g/mol. The molecule has 20 heavy (non-hydrogen) atoms. The third-order valence-corrected chi connectivity index (χ3v) is 2.47. The van der Waals surface area contributed by atoms with Gasteiger partial charge in [-0.3, -0.25) is 4.98 Å². The minimum Gasteiger partial charge on any atom is -0.492 e. The van der Waals surface area contributed by atoms with Crippen molar-refractivity contribution < 1.29 is 73.5 Å². The SMILES string of the molecule is Fc1ccc(OCc2ccncc2)c([B-](F)(F)F)c1.[K+]. The smallest absolute Gasteiger partial charge is 0.492 e. The predicted molar refractivity (Wildman–Crippen MR) is 63.7 cm³/mol. The molecule has 0 radical (unpaired) electrons. The van der Waals surface area contributed by atoms with E-state index in [0.29, 0.717) is 11.6 Å². The minimum atomic E-state index is -5.32. The number of hydrogen-bond acceptors (Lipinski definition) is 2. The van der Waals surface area contributed by atoms with Gasteiger partial charge in [0.15, 0.2) is 0 Å². The van der Waals surface area contributed by atoms with Crippen molar-refractivity contribution in [2.75, 3.05) is 0 Å². The van der Waals surface area contributed by atoms with Crippen LogP contribution in [0.1, 0.15) is 5.56 Å². The number of hydrogen-bond donors (Lipinski definition) is 0. The molecule has 0 spiro atoms. The topological polar surface area (TPSA) is 22.1 Å². The third-order valence-electron chi connectivity index (χ3n) is 2.47. The first-order valence-corrected chi connectivity index (χ1v) is 5.48. The number of benzene rings is 1. The van der Waals surface area contributed by atoms with E-state index >= 15 is 0 Å². The van der Waals surface area contributed by atoms with Gasteiger partial charge in [-0.05, 0) is 35.9 Å². The molecule has 0 aliphatic heterocycles. The minimum absolute atomic E-state index is 0. The molecule has 2 nitrogen and oxygen atoms in total. The molecule has 0 fully saturated rings. The van der Waals surface area contributed by atoms with Gasteiger partial charge in [0.05, 0.1) is 5.75 Å². The van der Waals surface area contributed by atoms with Crippen LogP contribution in [0.3, 0.4) is 0 Å². The largest absolute Gasteiger partial charge is 1.00 e. The van der Waals surface area contributed by atoms with Crippen molar-refractivity contribution in [2.45, 2.75) is 6.61 Å². The van der Waals surface area contributed by atoms with Crippen molar-refractivity contribution in [3.8, 4) is 5.75 Å². The fourth-order valence-corrected chi connectivity index (χ4v) is 1.55. The summed E-state index contributed by atoms with van der Waals surface area (Å²) in [6.45, 7) is -5.35. The molecule has 0 aliphatic carbocycles. The van der Waals surface area contributed by atoms with Gasteiger partial charge < -0.3 is 17.7 Å². The van der Waals surface area contributed by atoms with Crippen LogP contribution in [-0.2, 0) is 6.61 Å². The fourth-order valence-electron chi connectivity index (χ4n) is 1.55. The van der Waals surface area contributed by atoms with Gasteiger partial charge in [0.2, 0.25) is 0 Å². The molecule has 0 aliphatic rings. The Labute approximate surface area is 156 Å². The van der Waals surface area contributed by atoms with Crippen molar-refractivity contribution >= 4 is 12.4 Å². The molecule has 8 heteroatoms. The predicted octanol–water partition coefficient (Wildman–Crippen LogP) is -0.142. The average molecular weight is 309 g/mol. The van der Waals surface area contributed by atoms with Gasteiger partial charge in [-0.25, -0.2) is 4.39 Å². The molecule has 0 saturated carbocycles. The maximum Gasteiger partial charge on any atom is 1.00 e. The zero-order valence-electron chi connectivity index (χ0n) is 10.7. The van der Waals surface area contributed by atoms with E-state index in [0.717, 1.165) is 12.1 Å². The molecule has 0 amide bonds. The monoisotopic (exact) mass is 309 g/mol. The summed E-state index contributed by atoms with van der Waals surface area (Å²) in [5.41, 5.74) is -0.381. The normalized spacial score (nSPS) is 10.8. The fraction of sp³-hybridized carbons (Fsp3) is 0.0833. The molecule has 1 aromatic carbocycles. The van der Waals surface area contributed by atoms with E-state index in [1.165, 1.54) is 12.4 Å². The molecule has 0 N–H and O–H groups in total. The van der Waals surface area contributed by atoms with Crippen LogP contribution in [0.5, 0.6) is 5.75 Å². The van der Waals surface area contributed by atoms with Crippen LogP contribution in [0.15, 0.2) is 42.7 Å². The van der Waals surface area contributed by atoms with Gasteiger partial charge in [-0.1, -0.05) is 5.46 Å². The molecule has 0 unspecified atom stereocenters. The van der Waals surface area contributed by atoms with Gasteiger partial charge >= 0.3 is 58.4 Å². The van der Waals surface area contributed by atoms with Gasteiger partial charge in [0, 0.05) is 12.4 Å². The van der Waals surface area contributed by atoms with Crippen LogP contribution < -0.4 is 61.6 Å². The molecule has 0 saturated heterocycles. The van der Waals surface area contributed by atoms with Gasteiger partial charge in [0.25, 0.3) is 0 Å². The Morgan fingerprint density at radius 1 is 1.05 bits per heavy atom. The van der Waals surface area contributed by atoms with Gasteiger partial charge in [-0.15, -0.1) is 0 Å². The molecule has 1 heterocycles. The Bertz CT molecular complexity index is 565. The summed E-state index contributed by atoms with van der Waals surface area (Å²) in [7, 11) is 0. The first-order valence-electron chi connectivity index (χ1n) is 5.48. The maximum absolute atomic E-state index is 12.9. The molecular formula is C12H9BF4KNO. The second kappa shape index (κ2) is 7.56. The second-order valence-corrected chi connectivity index (χ2v) is 3.90. The van der Waals surface area contributed by atoms with Gasteiger partial charge in [0.1, 0.15) is 12.4 Å². The third kappa shape index (κ3) is 4.85. The number of ether oxygens (including phenoxy) is 1. The maximum atomic E-state index is 12.9. The average Bonchev–Trinajstić information content (AvgIpc) is 2.37. The number of rotatable bonds is 4. The first kappa shape index (κ1) is 17.6. The molecule has 1 aromatic heterocycles. The van der Waals surface area contributed by atoms with Crippen LogP contribution >= 0.6 is 0 Å². The van der Waals surface area contributed by atoms with E-state index in [1.54, 1.807) is 12.1 Å². The van der Waals surface area contributed by atoms with E-state index in [4.69, 9.17) is 4.74 Å². The van der Waals surface area contributed by atoms with Crippen LogP contribution in [-0.4, -0.2) is 12.0 Å². The quantitative estimate of drug-likeness (QED) is 0.579. The van der Waals surface area contributed by atoms with E-state index in [9.17, 15) is 17.3 Å². The Morgan fingerprint density at radius 2 is 1.70 bits per heavy atom.